The topological polar surface area (TPSA) is 64.9 Å². The van der Waals surface area contributed by atoms with E-state index in [2.05, 4.69) is 20.4 Å². The summed E-state index contributed by atoms with van der Waals surface area (Å²) in [7, 11) is 0. The average molecular weight is 355 g/mol. The minimum Gasteiger partial charge on any atom is -0.372 e. The summed E-state index contributed by atoms with van der Waals surface area (Å²) >= 11 is 0. The number of nitrogens with zero attached hydrogens (tertiary/aromatic N) is 4. The summed E-state index contributed by atoms with van der Waals surface area (Å²) in [5, 5.41) is 7.19. The van der Waals surface area contributed by atoms with Crippen LogP contribution in [0.4, 0.5) is 19.1 Å². The van der Waals surface area contributed by atoms with Gasteiger partial charge in [0.05, 0.1) is 5.69 Å². The Morgan fingerprint density at radius 2 is 2.16 bits per heavy atom. The molecule has 0 aromatic carbocycles. The van der Waals surface area contributed by atoms with Gasteiger partial charge < -0.3 is 10.1 Å². The van der Waals surface area contributed by atoms with Crippen molar-refractivity contribution in [1.82, 2.24) is 19.7 Å². The molecule has 0 radical (unpaired) electrons. The van der Waals surface area contributed by atoms with E-state index in [4.69, 9.17) is 4.74 Å². The summed E-state index contributed by atoms with van der Waals surface area (Å²) in [6.07, 6.45) is 0.0345. The molecule has 6 nitrogen and oxygen atoms in total. The Bertz CT molecular complexity index is 703. The van der Waals surface area contributed by atoms with Crippen molar-refractivity contribution in [2.45, 2.75) is 38.6 Å². The number of anilines is 1. The SMILES string of the molecule is CCn1nccc1[C@@H]1OCCC[C@H]1CNc1nccc(C(F)(F)F)n1. The molecule has 0 spiro atoms. The van der Waals surface area contributed by atoms with Crippen LogP contribution in [0.1, 0.15) is 37.3 Å². The second kappa shape index (κ2) is 7.38. The summed E-state index contributed by atoms with van der Waals surface area (Å²) in [4.78, 5) is 7.42. The summed E-state index contributed by atoms with van der Waals surface area (Å²) in [5.41, 5.74) is 0.0319. The molecular weight excluding hydrogens is 335 g/mol. The quantitative estimate of drug-likeness (QED) is 0.892. The van der Waals surface area contributed by atoms with Gasteiger partial charge in [-0.05, 0) is 31.9 Å². The molecular formula is C16H20F3N5O. The van der Waals surface area contributed by atoms with Gasteiger partial charge in [-0.15, -0.1) is 0 Å². The van der Waals surface area contributed by atoms with Gasteiger partial charge in [-0.25, -0.2) is 9.97 Å². The minimum atomic E-state index is -4.48. The summed E-state index contributed by atoms with van der Waals surface area (Å²) in [5.74, 6) is 0.0806. The van der Waals surface area contributed by atoms with Crippen LogP contribution in [0.25, 0.3) is 0 Å². The summed E-state index contributed by atoms with van der Waals surface area (Å²) < 4.78 is 46.0. The highest BCUT2D eigenvalue weighted by Crippen LogP contribution is 2.34. The highest BCUT2D eigenvalue weighted by Gasteiger charge is 2.33. The van der Waals surface area contributed by atoms with E-state index in [1.54, 1.807) is 6.20 Å². The van der Waals surface area contributed by atoms with Gasteiger partial charge in [0.25, 0.3) is 0 Å². The zero-order chi connectivity index (χ0) is 17.9. The third-order valence-corrected chi connectivity index (χ3v) is 4.25. The Balaban J connectivity index is 1.71. The van der Waals surface area contributed by atoms with Gasteiger partial charge in [-0.2, -0.15) is 18.3 Å². The second-order valence-corrected chi connectivity index (χ2v) is 5.91. The average Bonchev–Trinajstić information content (AvgIpc) is 3.08. The fraction of sp³-hybridized carbons (Fsp3) is 0.562. The lowest BCUT2D eigenvalue weighted by Crippen LogP contribution is -2.30. The van der Waals surface area contributed by atoms with Gasteiger partial charge in [0.1, 0.15) is 11.8 Å². The van der Waals surface area contributed by atoms with Gasteiger partial charge in [-0.3, -0.25) is 4.68 Å². The van der Waals surface area contributed by atoms with E-state index in [0.717, 1.165) is 37.3 Å². The number of halogens is 3. The largest absolute Gasteiger partial charge is 0.433 e. The Labute approximate surface area is 143 Å². The smallest absolute Gasteiger partial charge is 0.372 e. The number of ether oxygens (including phenoxy) is 1. The van der Waals surface area contributed by atoms with Crippen LogP contribution in [0.15, 0.2) is 24.5 Å². The van der Waals surface area contributed by atoms with Crippen molar-refractivity contribution >= 4 is 5.95 Å². The molecule has 1 saturated heterocycles. The number of aryl methyl sites for hydroxylation is 1. The van der Waals surface area contributed by atoms with Crippen molar-refractivity contribution in [3.05, 3.63) is 35.9 Å². The first kappa shape index (κ1) is 17.7. The monoisotopic (exact) mass is 355 g/mol. The molecule has 3 heterocycles. The molecule has 0 aliphatic carbocycles. The molecule has 2 atom stereocenters. The molecule has 0 unspecified atom stereocenters. The summed E-state index contributed by atoms with van der Waals surface area (Å²) in [6.45, 7) is 3.83. The predicted octanol–water partition coefficient (Wildman–Crippen LogP) is 3.29. The molecule has 9 heteroatoms. The highest BCUT2D eigenvalue weighted by molar-refractivity contribution is 5.26. The molecule has 1 aliphatic heterocycles. The number of alkyl halides is 3. The zero-order valence-electron chi connectivity index (χ0n) is 13.8. The van der Waals surface area contributed by atoms with Crippen LogP contribution in [-0.2, 0) is 17.5 Å². The molecule has 0 saturated carbocycles. The first-order valence-corrected chi connectivity index (χ1v) is 8.26. The lowest BCUT2D eigenvalue weighted by atomic mass is 9.92. The Hall–Kier alpha value is -2.16. The van der Waals surface area contributed by atoms with Gasteiger partial charge in [0, 0.05) is 38.0 Å². The molecule has 1 aliphatic rings. The van der Waals surface area contributed by atoms with Crippen LogP contribution in [0, 0.1) is 5.92 Å². The van der Waals surface area contributed by atoms with Crippen LogP contribution in [0.2, 0.25) is 0 Å². The minimum absolute atomic E-state index is 0.0249. The molecule has 2 aromatic rings. The first-order valence-electron chi connectivity index (χ1n) is 8.26. The van der Waals surface area contributed by atoms with Crippen LogP contribution in [-0.4, -0.2) is 32.9 Å². The lowest BCUT2D eigenvalue weighted by molar-refractivity contribution is -0.141. The van der Waals surface area contributed by atoms with Crippen LogP contribution >= 0.6 is 0 Å². The van der Waals surface area contributed by atoms with Gasteiger partial charge >= 0.3 is 6.18 Å². The second-order valence-electron chi connectivity index (χ2n) is 5.91. The maximum absolute atomic E-state index is 12.7. The number of rotatable bonds is 5. The van der Waals surface area contributed by atoms with Crippen molar-refractivity contribution in [3.63, 3.8) is 0 Å². The number of aromatic nitrogens is 4. The van der Waals surface area contributed by atoms with Crippen molar-refractivity contribution < 1.29 is 17.9 Å². The maximum Gasteiger partial charge on any atom is 0.433 e. The number of hydrogen-bond acceptors (Lipinski definition) is 5. The third kappa shape index (κ3) is 4.09. The normalized spacial score (nSPS) is 21.3. The zero-order valence-corrected chi connectivity index (χ0v) is 13.8. The number of nitrogens with one attached hydrogen (secondary N) is 1. The third-order valence-electron chi connectivity index (χ3n) is 4.25. The predicted molar refractivity (Wildman–Crippen MR) is 84.8 cm³/mol. The van der Waals surface area contributed by atoms with Crippen molar-refractivity contribution in [1.29, 1.82) is 0 Å². The summed E-state index contributed by atoms with van der Waals surface area (Å²) in [6, 6.07) is 2.78. The van der Waals surface area contributed by atoms with Crippen molar-refractivity contribution in [2.75, 3.05) is 18.5 Å². The molecule has 0 bridgehead atoms. The van der Waals surface area contributed by atoms with Crippen LogP contribution in [0.3, 0.4) is 0 Å². The van der Waals surface area contributed by atoms with E-state index < -0.39 is 11.9 Å². The van der Waals surface area contributed by atoms with E-state index in [0.29, 0.717) is 13.2 Å². The standard InChI is InChI=1S/C16H20F3N5O/c1-2-24-12(5-8-22-24)14-11(4-3-9-25-14)10-21-15-20-7-6-13(23-15)16(17,18)19/h5-8,11,14H,2-4,9-10H2,1H3,(H,20,21,23)/t11-,14+/m0/s1. The molecule has 1 N–H and O–H groups in total. The molecule has 1 fully saturated rings. The molecule has 2 aromatic heterocycles. The van der Waals surface area contributed by atoms with E-state index in [-0.39, 0.29) is 18.0 Å². The lowest BCUT2D eigenvalue weighted by Gasteiger charge is -2.32. The first-order chi connectivity index (χ1) is 12.0. The maximum atomic E-state index is 12.7. The van der Waals surface area contributed by atoms with Crippen LogP contribution < -0.4 is 5.32 Å². The van der Waals surface area contributed by atoms with E-state index in [9.17, 15) is 13.2 Å². The number of hydrogen-bond donors (Lipinski definition) is 1. The Morgan fingerprint density at radius 1 is 1.32 bits per heavy atom. The van der Waals surface area contributed by atoms with Gasteiger partial charge in [0.2, 0.25) is 5.95 Å². The van der Waals surface area contributed by atoms with Gasteiger partial charge in [-0.1, -0.05) is 0 Å². The highest BCUT2D eigenvalue weighted by atomic mass is 19.4. The van der Waals surface area contributed by atoms with Crippen molar-refractivity contribution in [3.8, 4) is 0 Å². The molecule has 3 rings (SSSR count). The van der Waals surface area contributed by atoms with E-state index in [1.165, 1.54) is 0 Å². The van der Waals surface area contributed by atoms with E-state index in [1.807, 2.05) is 17.7 Å². The van der Waals surface area contributed by atoms with E-state index >= 15 is 0 Å². The Kier molecular flexibility index (Phi) is 5.22. The molecule has 0 amide bonds. The Morgan fingerprint density at radius 3 is 2.92 bits per heavy atom. The van der Waals surface area contributed by atoms with Crippen LogP contribution in [0.5, 0.6) is 0 Å². The van der Waals surface area contributed by atoms with Crippen molar-refractivity contribution in [2.24, 2.45) is 5.92 Å². The fourth-order valence-corrected chi connectivity index (χ4v) is 3.05. The fourth-order valence-electron chi connectivity index (χ4n) is 3.05. The molecule has 25 heavy (non-hydrogen) atoms. The van der Waals surface area contributed by atoms with Gasteiger partial charge in [0.15, 0.2) is 0 Å². The molecule has 136 valence electrons.